The largest absolute Gasteiger partial charge is 1.00 e. The second kappa shape index (κ2) is 17.9. The normalized spacial score (nSPS) is 8.94. The molecule has 17 heavy (non-hydrogen) atoms. The zero-order chi connectivity index (χ0) is 11.1. The van der Waals surface area contributed by atoms with Gasteiger partial charge in [0.25, 0.3) is 0 Å². The molecule has 0 rings (SSSR count). The summed E-state index contributed by atoms with van der Waals surface area (Å²) in [5, 5.41) is 0. The molecule has 0 heterocycles. The quantitative estimate of drug-likeness (QED) is 0.0933. The van der Waals surface area contributed by atoms with Crippen molar-refractivity contribution >= 4 is 33.1 Å². The SMILES string of the molecule is N.N.O=S(=O)([O-])OOS(=O)(=O)[O-].OSO.[Na+].[Na+]. The van der Waals surface area contributed by atoms with Gasteiger partial charge in [0.2, 0.25) is 20.8 Å². The van der Waals surface area contributed by atoms with Crippen molar-refractivity contribution in [1.82, 2.24) is 12.3 Å². The van der Waals surface area contributed by atoms with Gasteiger partial charge in [-0.25, -0.2) is 16.8 Å². The molecule has 98 valence electrons. The number of rotatable bonds is 3. The molecule has 0 aliphatic heterocycles. The molecular weight excluding hydrogens is 330 g/mol. The summed E-state index contributed by atoms with van der Waals surface area (Å²) in [6.07, 6.45) is 0. The average molecular weight is 338 g/mol. The summed E-state index contributed by atoms with van der Waals surface area (Å²) < 4.78 is 75.5. The van der Waals surface area contributed by atoms with E-state index in [9.17, 15) is 25.9 Å². The maximum Gasteiger partial charge on any atom is 1.00 e. The van der Waals surface area contributed by atoms with E-state index in [4.69, 9.17) is 9.11 Å². The van der Waals surface area contributed by atoms with Crippen molar-refractivity contribution in [2.45, 2.75) is 0 Å². The van der Waals surface area contributed by atoms with Crippen molar-refractivity contribution in [2.24, 2.45) is 0 Å². The minimum Gasteiger partial charge on any atom is -0.724 e. The first-order chi connectivity index (χ1) is 5.62. The van der Waals surface area contributed by atoms with E-state index in [1.165, 1.54) is 0 Å². The Morgan fingerprint density at radius 3 is 1.00 bits per heavy atom. The Bertz CT molecular complexity index is 276. The molecule has 0 aliphatic carbocycles. The summed E-state index contributed by atoms with van der Waals surface area (Å²) >= 11 is -0.250. The predicted octanol–water partition coefficient (Wildman–Crippen LogP) is -7.15. The molecule has 0 fully saturated rings. The van der Waals surface area contributed by atoms with Gasteiger partial charge in [-0.3, -0.25) is 0 Å². The molecule has 0 radical (unpaired) electrons. The fraction of sp³-hybridized carbons (Fsp3) is 0. The standard InChI is InChI=1S/2H3N.2Na.H2O8S2.H2O2S/c;;;;1-9(2,3)7-8-10(4,5)6;1-3-2/h2*1H3;;;(H,1,2,3)(H,4,5,6);1-2H/q;;2*+1;;/p-2. The molecule has 0 saturated heterocycles. The van der Waals surface area contributed by atoms with Gasteiger partial charge >= 0.3 is 59.1 Å². The van der Waals surface area contributed by atoms with E-state index in [0.29, 0.717) is 0 Å². The van der Waals surface area contributed by atoms with Gasteiger partial charge in [0.05, 0.1) is 0 Å². The third kappa shape index (κ3) is 57.1. The van der Waals surface area contributed by atoms with E-state index in [0.717, 1.165) is 0 Å². The van der Waals surface area contributed by atoms with E-state index in [1.54, 1.807) is 0 Å². The van der Waals surface area contributed by atoms with Gasteiger partial charge in [-0.2, -0.15) is 0 Å². The Kier molecular flexibility index (Phi) is 38.4. The van der Waals surface area contributed by atoms with Crippen LogP contribution in [0, 0.1) is 0 Å². The molecule has 0 aromatic heterocycles. The van der Waals surface area contributed by atoms with Crippen LogP contribution in [0.15, 0.2) is 0 Å². The van der Waals surface area contributed by atoms with Crippen LogP contribution < -0.4 is 71.4 Å². The van der Waals surface area contributed by atoms with E-state index < -0.39 is 20.8 Å². The van der Waals surface area contributed by atoms with Crippen LogP contribution in [0.25, 0.3) is 0 Å². The second-order valence-electron chi connectivity index (χ2n) is 1.03. The third-order valence-electron chi connectivity index (χ3n) is 0.194. The van der Waals surface area contributed by atoms with Gasteiger partial charge in [0.1, 0.15) is 0 Å². The summed E-state index contributed by atoms with van der Waals surface area (Å²) in [5.74, 6) is 0. The molecule has 0 aliphatic rings. The maximum atomic E-state index is 9.37. The summed E-state index contributed by atoms with van der Waals surface area (Å²) in [6, 6.07) is 0. The molecule has 0 aromatic rings. The molecule has 8 N–H and O–H groups in total. The van der Waals surface area contributed by atoms with Crippen molar-refractivity contribution in [3.8, 4) is 0 Å². The Balaban J connectivity index is -0.0000000393. The zero-order valence-electron chi connectivity index (χ0n) is 8.80. The van der Waals surface area contributed by atoms with Gasteiger partial charge in [-0.15, -0.1) is 8.67 Å². The monoisotopic (exact) mass is 338 g/mol. The molecule has 0 amide bonds. The Morgan fingerprint density at radius 2 is 0.941 bits per heavy atom. The molecule has 0 saturated carbocycles. The fourth-order valence-corrected chi connectivity index (χ4v) is 0.612. The van der Waals surface area contributed by atoms with Crippen LogP contribution in [0.4, 0.5) is 0 Å². The van der Waals surface area contributed by atoms with E-state index >= 15 is 0 Å². The van der Waals surface area contributed by atoms with Crippen LogP contribution in [0.1, 0.15) is 0 Å². The van der Waals surface area contributed by atoms with Crippen molar-refractivity contribution in [3.05, 3.63) is 0 Å². The van der Waals surface area contributed by atoms with E-state index in [1.807, 2.05) is 0 Å². The van der Waals surface area contributed by atoms with Crippen molar-refractivity contribution in [1.29, 1.82) is 0 Å². The summed E-state index contributed by atoms with van der Waals surface area (Å²) in [7, 11) is -10.6. The first kappa shape index (κ1) is 36.4. The summed E-state index contributed by atoms with van der Waals surface area (Å²) in [6.45, 7) is 0. The van der Waals surface area contributed by atoms with Crippen LogP contribution in [-0.4, -0.2) is 35.0 Å². The van der Waals surface area contributed by atoms with Gasteiger partial charge in [-0.1, -0.05) is 0 Å². The molecule has 0 spiro atoms. The van der Waals surface area contributed by atoms with Crippen LogP contribution in [0.3, 0.4) is 0 Å². The van der Waals surface area contributed by atoms with E-state index in [2.05, 4.69) is 8.67 Å². The molecule has 12 nitrogen and oxygen atoms in total. The number of hydrogen-bond donors (Lipinski definition) is 4. The van der Waals surface area contributed by atoms with Gasteiger partial charge in [0.15, 0.2) is 12.3 Å². The van der Waals surface area contributed by atoms with Crippen LogP contribution in [-0.2, 0) is 29.5 Å². The second-order valence-corrected chi connectivity index (χ2v) is 3.10. The Morgan fingerprint density at radius 1 is 0.824 bits per heavy atom. The minimum absolute atomic E-state index is 0. The predicted molar refractivity (Wildman–Crippen MR) is 44.5 cm³/mol. The Labute approximate surface area is 146 Å². The van der Waals surface area contributed by atoms with Crippen molar-refractivity contribution < 1.29 is 103 Å². The maximum absolute atomic E-state index is 9.37. The average Bonchev–Trinajstić information content (AvgIpc) is 1.82. The third-order valence-corrected chi connectivity index (χ3v) is 0.750. The first-order valence-electron chi connectivity index (χ1n) is 1.87. The first-order valence-corrected chi connectivity index (χ1v) is 5.26. The summed E-state index contributed by atoms with van der Waals surface area (Å²) in [4.78, 5) is 0. The smallest absolute Gasteiger partial charge is 0.724 e. The Hall–Kier alpha value is 1.93. The molecule has 0 unspecified atom stereocenters. The molecule has 0 bridgehead atoms. The minimum atomic E-state index is -5.31. The van der Waals surface area contributed by atoms with Gasteiger partial charge in [0, 0.05) is 0 Å². The molecular formula is H8N2Na2O10S3. The molecule has 0 atom stereocenters. The van der Waals surface area contributed by atoms with Crippen molar-refractivity contribution in [2.75, 3.05) is 0 Å². The topological polar surface area (TPSA) is 243 Å². The van der Waals surface area contributed by atoms with E-state index in [-0.39, 0.29) is 83.7 Å². The zero-order valence-corrected chi connectivity index (χ0v) is 15.2. The van der Waals surface area contributed by atoms with Crippen molar-refractivity contribution in [3.63, 3.8) is 0 Å². The van der Waals surface area contributed by atoms with Crippen LogP contribution >= 0.6 is 12.3 Å². The van der Waals surface area contributed by atoms with Gasteiger partial charge in [-0.05, 0) is 0 Å². The van der Waals surface area contributed by atoms with Gasteiger partial charge < -0.3 is 30.5 Å². The van der Waals surface area contributed by atoms with Crippen LogP contribution in [0.2, 0.25) is 0 Å². The fourth-order valence-electron chi connectivity index (χ4n) is 0.0680. The molecule has 17 heteroatoms. The van der Waals surface area contributed by atoms with Crippen LogP contribution in [0.5, 0.6) is 0 Å². The number of hydrogen-bond acceptors (Lipinski definition) is 13. The molecule has 0 aromatic carbocycles. The summed E-state index contributed by atoms with van der Waals surface area (Å²) in [5.41, 5.74) is 0.